The smallest absolute Gasteiger partial charge is 0.412 e. The lowest BCUT2D eigenvalue weighted by Gasteiger charge is -2.28. The molecule has 2 rings (SSSR count). The van der Waals surface area contributed by atoms with E-state index in [1.165, 1.54) is 9.58 Å². The first kappa shape index (κ1) is 19.2. The van der Waals surface area contributed by atoms with Crippen LogP contribution in [0.2, 0.25) is 0 Å². The van der Waals surface area contributed by atoms with Gasteiger partial charge in [-0.1, -0.05) is 13.8 Å². The Hall–Kier alpha value is -2.09. The van der Waals surface area contributed by atoms with E-state index in [2.05, 4.69) is 5.10 Å². The van der Waals surface area contributed by atoms with Crippen molar-refractivity contribution in [2.75, 3.05) is 13.3 Å². The molecule has 1 aliphatic rings. The number of carbonyl (C=O) groups is 2. The Morgan fingerprint density at radius 3 is 2.68 bits per heavy atom. The van der Waals surface area contributed by atoms with Gasteiger partial charge in [0.15, 0.2) is 0 Å². The van der Waals surface area contributed by atoms with Gasteiger partial charge in [-0.05, 0) is 39.2 Å². The van der Waals surface area contributed by atoms with Crippen LogP contribution in [0.1, 0.15) is 58.8 Å². The van der Waals surface area contributed by atoms with Gasteiger partial charge in [-0.3, -0.25) is 9.58 Å². The second-order valence-electron chi connectivity index (χ2n) is 7.65. The Balaban J connectivity index is 2.28. The van der Waals surface area contributed by atoms with Crippen molar-refractivity contribution in [2.24, 2.45) is 5.92 Å². The quantitative estimate of drug-likeness (QED) is 0.875. The maximum atomic E-state index is 12.4. The summed E-state index contributed by atoms with van der Waals surface area (Å²) in [5.74, 6) is -0.749. The minimum absolute atomic E-state index is 0.104. The van der Waals surface area contributed by atoms with E-state index in [0.717, 1.165) is 0 Å². The van der Waals surface area contributed by atoms with Crippen molar-refractivity contribution < 1.29 is 24.2 Å². The van der Waals surface area contributed by atoms with E-state index in [1.807, 2.05) is 13.8 Å². The first-order chi connectivity index (χ1) is 11.6. The number of carboxylic acid groups (broad SMARTS) is 1. The summed E-state index contributed by atoms with van der Waals surface area (Å²) in [6.45, 7) is 9.69. The Bertz CT molecular complexity index is 620. The van der Waals surface area contributed by atoms with Crippen molar-refractivity contribution in [2.45, 2.75) is 58.7 Å². The molecule has 1 amide bonds. The minimum Gasteiger partial charge on any atom is -0.480 e. The molecule has 1 aliphatic heterocycles. The van der Waals surface area contributed by atoms with Gasteiger partial charge < -0.3 is 14.6 Å². The molecule has 2 atom stereocenters. The number of aromatic nitrogens is 2. The molecule has 1 saturated heterocycles. The topological polar surface area (TPSA) is 93.9 Å². The maximum absolute atomic E-state index is 12.4. The maximum Gasteiger partial charge on any atom is 0.412 e. The van der Waals surface area contributed by atoms with Gasteiger partial charge in [0.2, 0.25) is 0 Å². The zero-order valence-corrected chi connectivity index (χ0v) is 15.4. The van der Waals surface area contributed by atoms with Crippen molar-refractivity contribution in [3.05, 3.63) is 18.0 Å². The van der Waals surface area contributed by atoms with E-state index < -0.39 is 29.7 Å². The minimum atomic E-state index is -0.943. The highest BCUT2D eigenvalue weighted by Crippen LogP contribution is 2.30. The SMILES string of the molecule is CC(C)C[C@@H](C(=O)O)n1nccc1[C@@H]1COCN1C(=O)OC(C)(C)C. The summed E-state index contributed by atoms with van der Waals surface area (Å²) < 4.78 is 12.4. The van der Waals surface area contributed by atoms with Crippen molar-refractivity contribution in [1.29, 1.82) is 0 Å². The van der Waals surface area contributed by atoms with Crippen LogP contribution in [-0.2, 0) is 14.3 Å². The summed E-state index contributed by atoms with van der Waals surface area (Å²) in [5.41, 5.74) is 0.0162. The summed E-state index contributed by atoms with van der Waals surface area (Å²) in [5, 5.41) is 13.8. The predicted molar refractivity (Wildman–Crippen MR) is 90.0 cm³/mol. The molecule has 140 valence electrons. The van der Waals surface area contributed by atoms with Gasteiger partial charge in [-0.15, -0.1) is 0 Å². The van der Waals surface area contributed by atoms with E-state index >= 15 is 0 Å². The van der Waals surface area contributed by atoms with Gasteiger partial charge in [0.1, 0.15) is 24.4 Å². The molecule has 0 bridgehead atoms. The molecular formula is C17H27N3O5. The van der Waals surface area contributed by atoms with E-state index in [-0.39, 0.29) is 19.3 Å². The third-order valence-corrected chi connectivity index (χ3v) is 3.83. The van der Waals surface area contributed by atoms with Crippen LogP contribution in [0.4, 0.5) is 4.79 Å². The average Bonchev–Trinajstić information content (AvgIpc) is 3.10. The molecule has 0 aliphatic carbocycles. The standard InChI is InChI=1S/C17H27N3O5/c1-11(2)8-13(15(21)22)20-12(6-7-18-20)14-9-24-10-19(14)16(23)25-17(3,4)5/h6-7,11,13-14H,8-10H2,1-5H3,(H,21,22)/t13-,14-/m0/s1. The van der Waals surface area contributed by atoms with Gasteiger partial charge in [-0.25, -0.2) is 9.59 Å². The molecule has 8 heteroatoms. The van der Waals surface area contributed by atoms with Crippen LogP contribution in [-0.4, -0.2) is 50.8 Å². The largest absolute Gasteiger partial charge is 0.480 e. The number of rotatable bonds is 5. The zero-order valence-electron chi connectivity index (χ0n) is 15.4. The lowest BCUT2D eigenvalue weighted by atomic mass is 10.0. The van der Waals surface area contributed by atoms with Gasteiger partial charge in [-0.2, -0.15) is 5.10 Å². The van der Waals surface area contributed by atoms with Crippen molar-refractivity contribution in [3.63, 3.8) is 0 Å². The summed E-state index contributed by atoms with van der Waals surface area (Å²) in [6.07, 6.45) is 1.51. The number of carbonyl (C=O) groups excluding carboxylic acids is 1. The lowest BCUT2D eigenvalue weighted by Crippen LogP contribution is -2.38. The summed E-state index contributed by atoms with van der Waals surface area (Å²) in [7, 11) is 0. The molecule has 0 spiro atoms. The Morgan fingerprint density at radius 2 is 2.12 bits per heavy atom. The number of aliphatic carboxylic acids is 1. The highest BCUT2D eigenvalue weighted by Gasteiger charge is 2.37. The van der Waals surface area contributed by atoms with E-state index in [9.17, 15) is 14.7 Å². The van der Waals surface area contributed by atoms with E-state index in [4.69, 9.17) is 9.47 Å². The molecule has 1 fully saturated rings. The fourth-order valence-corrected chi connectivity index (χ4v) is 2.79. The van der Waals surface area contributed by atoms with Gasteiger partial charge in [0.05, 0.1) is 12.3 Å². The number of hydrogen-bond acceptors (Lipinski definition) is 5. The molecule has 1 aromatic rings. The molecule has 25 heavy (non-hydrogen) atoms. The number of nitrogens with zero attached hydrogens (tertiary/aromatic N) is 3. The highest BCUT2D eigenvalue weighted by atomic mass is 16.6. The van der Waals surface area contributed by atoms with Gasteiger partial charge in [0, 0.05) is 6.20 Å². The van der Waals surface area contributed by atoms with Crippen LogP contribution in [0.3, 0.4) is 0 Å². The first-order valence-corrected chi connectivity index (χ1v) is 8.43. The van der Waals surface area contributed by atoms with Crippen LogP contribution in [0, 0.1) is 5.92 Å². The Morgan fingerprint density at radius 1 is 1.44 bits per heavy atom. The number of amides is 1. The van der Waals surface area contributed by atoms with Crippen molar-refractivity contribution in [3.8, 4) is 0 Å². The van der Waals surface area contributed by atoms with Crippen LogP contribution < -0.4 is 0 Å². The molecule has 0 radical (unpaired) electrons. The van der Waals surface area contributed by atoms with Crippen LogP contribution in [0.15, 0.2) is 12.3 Å². The molecule has 1 N–H and O–H groups in total. The fourth-order valence-electron chi connectivity index (χ4n) is 2.79. The van der Waals surface area contributed by atoms with Crippen molar-refractivity contribution in [1.82, 2.24) is 14.7 Å². The number of carboxylic acids is 1. The van der Waals surface area contributed by atoms with Crippen LogP contribution in [0.25, 0.3) is 0 Å². The predicted octanol–water partition coefficient (Wildman–Crippen LogP) is 2.82. The summed E-state index contributed by atoms with van der Waals surface area (Å²) in [4.78, 5) is 25.6. The third kappa shape index (κ3) is 4.72. The fraction of sp³-hybridized carbons (Fsp3) is 0.706. The van der Waals surface area contributed by atoms with E-state index in [1.54, 1.807) is 33.0 Å². The van der Waals surface area contributed by atoms with Gasteiger partial charge >= 0.3 is 12.1 Å². The molecule has 0 unspecified atom stereocenters. The lowest BCUT2D eigenvalue weighted by molar-refractivity contribution is -0.141. The van der Waals surface area contributed by atoms with E-state index in [0.29, 0.717) is 12.1 Å². The Labute approximate surface area is 147 Å². The second kappa shape index (κ2) is 7.43. The zero-order chi connectivity index (χ0) is 18.8. The first-order valence-electron chi connectivity index (χ1n) is 8.43. The second-order valence-corrected chi connectivity index (χ2v) is 7.65. The number of hydrogen-bond donors (Lipinski definition) is 1. The van der Waals surface area contributed by atoms with Gasteiger partial charge in [0.25, 0.3) is 0 Å². The molecule has 0 saturated carbocycles. The number of ether oxygens (including phenoxy) is 2. The summed E-state index contributed by atoms with van der Waals surface area (Å²) >= 11 is 0. The third-order valence-electron chi connectivity index (χ3n) is 3.83. The van der Waals surface area contributed by atoms with Crippen LogP contribution in [0.5, 0.6) is 0 Å². The monoisotopic (exact) mass is 353 g/mol. The summed E-state index contributed by atoms with van der Waals surface area (Å²) in [6, 6.07) is 0.518. The molecular weight excluding hydrogens is 326 g/mol. The van der Waals surface area contributed by atoms with Crippen LogP contribution >= 0.6 is 0 Å². The average molecular weight is 353 g/mol. The highest BCUT2D eigenvalue weighted by molar-refractivity contribution is 5.72. The molecule has 1 aromatic heterocycles. The Kier molecular flexibility index (Phi) is 5.72. The molecule has 0 aromatic carbocycles. The normalized spacial score (nSPS) is 19.3. The molecule has 2 heterocycles. The van der Waals surface area contributed by atoms with Crippen molar-refractivity contribution >= 4 is 12.1 Å². The molecule has 8 nitrogen and oxygen atoms in total.